The first-order valence-electron chi connectivity index (χ1n) is 4.63. The van der Waals surface area contributed by atoms with E-state index in [1.165, 1.54) is 0 Å². The Kier molecular flexibility index (Phi) is 3.85. The number of carbonyl (C=O) groups excluding carboxylic acids is 1. The van der Waals surface area contributed by atoms with Crippen LogP contribution in [0.3, 0.4) is 0 Å². The van der Waals surface area contributed by atoms with E-state index in [9.17, 15) is 4.79 Å². The summed E-state index contributed by atoms with van der Waals surface area (Å²) >= 11 is 0. The van der Waals surface area contributed by atoms with Gasteiger partial charge in [-0.05, 0) is 19.3 Å². The standard InChI is InChI=1S/C10H16O2/c1-2-3-4-5-6-9-7-10(11)12-8-9/h3-4,9H,2,5-8H2,1H3. The maximum absolute atomic E-state index is 10.7. The first-order chi connectivity index (χ1) is 5.83. The quantitative estimate of drug-likeness (QED) is 0.475. The Hall–Kier alpha value is -0.790. The fourth-order valence-corrected chi connectivity index (χ4v) is 1.37. The summed E-state index contributed by atoms with van der Waals surface area (Å²) in [5, 5.41) is 0. The number of ether oxygens (including phenoxy) is 1. The SMILES string of the molecule is CCC=CCCC1COC(=O)C1. The molecule has 0 aromatic carbocycles. The van der Waals surface area contributed by atoms with Crippen LogP contribution in [-0.4, -0.2) is 12.6 Å². The number of carbonyl (C=O) groups is 1. The van der Waals surface area contributed by atoms with Gasteiger partial charge in [-0.2, -0.15) is 0 Å². The van der Waals surface area contributed by atoms with Gasteiger partial charge < -0.3 is 4.74 Å². The molecule has 1 heterocycles. The predicted molar refractivity (Wildman–Crippen MR) is 47.7 cm³/mol. The van der Waals surface area contributed by atoms with Crippen molar-refractivity contribution in [2.45, 2.75) is 32.6 Å². The largest absolute Gasteiger partial charge is 0.465 e. The number of hydrogen-bond donors (Lipinski definition) is 0. The average Bonchev–Trinajstić information content (AvgIpc) is 2.45. The Morgan fingerprint density at radius 1 is 1.58 bits per heavy atom. The smallest absolute Gasteiger partial charge is 0.306 e. The molecule has 68 valence electrons. The first kappa shape index (κ1) is 9.30. The van der Waals surface area contributed by atoms with E-state index in [1.807, 2.05) is 0 Å². The summed E-state index contributed by atoms with van der Waals surface area (Å²) in [4.78, 5) is 10.7. The van der Waals surface area contributed by atoms with E-state index in [-0.39, 0.29) is 5.97 Å². The van der Waals surface area contributed by atoms with Gasteiger partial charge in [0.1, 0.15) is 0 Å². The van der Waals surface area contributed by atoms with Crippen molar-refractivity contribution in [3.05, 3.63) is 12.2 Å². The van der Waals surface area contributed by atoms with E-state index in [2.05, 4.69) is 19.1 Å². The van der Waals surface area contributed by atoms with Crippen LogP contribution in [0.1, 0.15) is 32.6 Å². The van der Waals surface area contributed by atoms with Gasteiger partial charge in [0.25, 0.3) is 0 Å². The van der Waals surface area contributed by atoms with Crippen LogP contribution in [0.25, 0.3) is 0 Å². The predicted octanol–water partition coefficient (Wildman–Crippen LogP) is 2.30. The first-order valence-corrected chi connectivity index (χ1v) is 4.63. The van der Waals surface area contributed by atoms with Crippen LogP contribution in [0.5, 0.6) is 0 Å². The lowest BCUT2D eigenvalue weighted by atomic mass is 10.0. The lowest BCUT2D eigenvalue weighted by molar-refractivity contribution is -0.137. The van der Waals surface area contributed by atoms with Gasteiger partial charge in [-0.1, -0.05) is 19.1 Å². The van der Waals surface area contributed by atoms with Crippen LogP contribution in [-0.2, 0) is 9.53 Å². The summed E-state index contributed by atoms with van der Waals surface area (Å²) in [7, 11) is 0. The van der Waals surface area contributed by atoms with Gasteiger partial charge in [0.2, 0.25) is 0 Å². The Morgan fingerprint density at radius 2 is 2.42 bits per heavy atom. The Balaban J connectivity index is 2.08. The highest BCUT2D eigenvalue weighted by molar-refractivity contribution is 5.71. The number of esters is 1. The highest BCUT2D eigenvalue weighted by Crippen LogP contribution is 2.19. The fraction of sp³-hybridized carbons (Fsp3) is 0.700. The molecule has 1 unspecified atom stereocenters. The maximum atomic E-state index is 10.7. The fourth-order valence-electron chi connectivity index (χ4n) is 1.37. The van der Waals surface area contributed by atoms with Gasteiger partial charge in [0.05, 0.1) is 13.0 Å². The van der Waals surface area contributed by atoms with Gasteiger partial charge in [0, 0.05) is 5.92 Å². The molecule has 1 aliphatic heterocycles. The van der Waals surface area contributed by atoms with E-state index < -0.39 is 0 Å². The second kappa shape index (κ2) is 4.96. The van der Waals surface area contributed by atoms with Crippen LogP contribution in [0.2, 0.25) is 0 Å². The average molecular weight is 168 g/mol. The second-order valence-electron chi connectivity index (χ2n) is 3.21. The normalized spacial score (nSPS) is 23.4. The number of allylic oxidation sites excluding steroid dienone is 2. The summed E-state index contributed by atoms with van der Waals surface area (Å²) in [6, 6.07) is 0. The minimum absolute atomic E-state index is 0.0283. The molecule has 1 rings (SSSR count). The van der Waals surface area contributed by atoms with Gasteiger partial charge >= 0.3 is 5.97 Å². The number of rotatable bonds is 4. The summed E-state index contributed by atoms with van der Waals surface area (Å²) in [5.74, 6) is 0.443. The monoisotopic (exact) mass is 168 g/mol. The van der Waals surface area contributed by atoms with Crippen molar-refractivity contribution in [2.24, 2.45) is 5.92 Å². The van der Waals surface area contributed by atoms with E-state index >= 15 is 0 Å². The Labute approximate surface area is 73.6 Å². The molecule has 2 nitrogen and oxygen atoms in total. The molecule has 1 atom stereocenters. The molecular formula is C10H16O2. The van der Waals surface area contributed by atoms with Gasteiger partial charge in [-0.3, -0.25) is 4.79 Å². The molecule has 0 N–H and O–H groups in total. The van der Waals surface area contributed by atoms with Crippen LogP contribution >= 0.6 is 0 Å². The number of cyclic esters (lactones) is 1. The van der Waals surface area contributed by atoms with Crippen LogP contribution in [0.4, 0.5) is 0 Å². The number of hydrogen-bond acceptors (Lipinski definition) is 2. The van der Waals surface area contributed by atoms with Crippen molar-refractivity contribution >= 4 is 5.97 Å². The minimum atomic E-state index is -0.0283. The third-order valence-corrected chi connectivity index (χ3v) is 2.08. The van der Waals surface area contributed by atoms with Gasteiger partial charge in [-0.15, -0.1) is 0 Å². The van der Waals surface area contributed by atoms with Crippen molar-refractivity contribution in [2.75, 3.05) is 6.61 Å². The van der Waals surface area contributed by atoms with Crippen LogP contribution in [0, 0.1) is 5.92 Å². The topological polar surface area (TPSA) is 26.3 Å². The zero-order valence-corrected chi connectivity index (χ0v) is 7.58. The molecule has 1 saturated heterocycles. The molecule has 0 saturated carbocycles. The molecule has 0 bridgehead atoms. The van der Waals surface area contributed by atoms with E-state index in [0.29, 0.717) is 18.9 Å². The highest BCUT2D eigenvalue weighted by atomic mass is 16.5. The molecule has 0 aliphatic carbocycles. The summed E-state index contributed by atoms with van der Waals surface area (Å²) in [5.41, 5.74) is 0. The molecule has 0 aromatic heterocycles. The van der Waals surface area contributed by atoms with Crippen molar-refractivity contribution in [1.29, 1.82) is 0 Å². The highest BCUT2D eigenvalue weighted by Gasteiger charge is 2.22. The lowest BCUT2D eigenvalue weighted by Crippen LogP contribution is -1.97. The van der Waals surface area contributed by atoms with Crippen molar-refractivity contribution in [3.8, 4) is 0 Å². The maximum Gasteiger partial charge on any atom is 0.306 e. The molecular weight excluding hydrogens is 152 g/mol. The van der Waals surface area contributed by atoms with E-state index in [0.717, 1.165) is 19.3 Å². The van der Waals surface area contributed by atoms with Crippen molar-refractivity contribution in [1.82, 2.24) is 0 Å². The third kappa shape index (κ3) is 3.07. The molecule has 0 spiro atoms. The Morgan fingerprint density at radius 3 is 3.00 bits per heavy atom. The van der Waals surface area contributed by atoms with Crippen LogP contribution in [0.15, 0.2) is 12.2 Å². The summed E-state index contributed by atoms with van der Waals surface area (Å²) in [6.07, 6.45) is 8.23. The van der Waals surface area contributed by atoms with Gasteiger partial charge in [-0.25, -0.2) is 0 Å². The van der Waals surface area contributed by atoms with Gasteiger partial charge in [0.15, 0.2) is 0 Å². The second-order valence-corrected chi connectivity index (χ2v) is 3.21. The molecule has 1 aliphatic rings. The molecule has 0 radical (unpaired) electrons. The summed E-state index contributed by atoms with van der Waals surface area (Å²) < 4.78 is 4.86. The summed E-state index contributed by atoms with van der Waals surface area (Å²) in [6.45, 7) is 2.76. The zero-order valence-electron chi connectivity index (χ0n) is 7.58. The third-order valence-electron chi connectivity index (χ3n) is 2.08. The lowest BCUT2D eigenvalue weighted by Gasteiger charge is -2.01. The van der Waals surface area contributed by atoms with Crippen LogP contribution < -0.4 is 0 Å². The van der Waals surface area contributed by atoms with E-state index in [4.69, 9.17) is 4.74 Å². The minimum Gasteiger partial charge on any atom is -0.465 e. The molecule has 0 aromatic rings. The van der Waals surface area contributed by atoms with Crippen molar-refractivity contribution < 1.29 is 9.53 Å². The van der Waals surface area contributed by atoms with E-state index in [1.54, 1.807) is 0 Å². The molecule has 1 fully saturated rings. The molecule has 12 heavy (non-hydrogen) atoms. The van der Waals surface area contributed by atoms with Crippen molar-refractivity contribution in [3.63, 3.8) is 0 Å². The molecule has 2 heteroatoms. The Bertz CT molecular complexity index is 173. The zero-order chi connectivity index (χ0) is 8.81. The molecule has 0 amide bonds.